The van der Waals surface area contributed by atoms with Gasteiger partial charge in [-0.1, -0.05) is 28.9 Å². The second-order valence-corrected chi connectivity index (χ2v) is 5.37. The van der Waals surface area contributed by atoms with Crippen LogP contribution in [0, 0.1) is 0 Å². The largest absolute Gasteiger partial charge is 0.387 e. The molecular weight excluding hydrogens is 266 g/mol. The molecule has 2 rings (SSSR count). The van der Waals surface area contributed by atoms with Crippen LogP contribution in [-0.4, -0.2) is 29.8 Å². The van der Waals surface area contributed by atoms with Crippen LogP contribution < -0.4 is 0 Å². The molecule has 1 N–H and O–H groups in total. The second-order valence-electron chi connectivity index (χ2n) is 4.93. The van der Waals surface area contributed by atoms with E-state index in [1.807, 2.05) is 31.2 Å². The third-order valence-corrected chi connectivity index (χ3v) is 3.66. The fourth-order valence-electron chi connectivity index (χ4n) is 2.20. The molecular formula is C14H18ClNO3. The van der Waals surface area contributed by atoms with Crippen molar-refractivity contribution in [1.82, 2.24) is 0 Å². The van der Waals surface area contributed by atoms with E-state index in [9.17, 15) is 5.11 Å². The zero-order chi connectivity index (χ0) is 14.0. The molecule has 0 aliphatic carbocycles. The van der Waals surface area contributed by atoms with Gasteiger partial charge in [-0.15, -0.1) is 0 Å². The van der Waals surface area contributed by atoms with Crippen LogP contribution in [0.1, 0.15) is 31.7 Å². The Kier molecular flexibility index (Phi) is 4.13. The molecule has 1 aromatic rings. The molecule has 3 atom stereocenters. The predicted octanol–water partition coefficient (Wildman–Crippen LogP) is 2.94. The number of hydrogen-bond donors (Lipinski definition) is 1. The minimum Gasteiger partial charge on any atom is -0.387 e. The SMILES string of the molecule is CO[C@]1(C)C[C@@H](c2ccc(Cl)cc2)C([C@@H](C)O)=NO1. The molecule has 0 amide bonds. The summed E-state index contributed by atoms with van der Waals surface area (Å²) < 4.78 is 5.35. The number of aliphatic hydroxyl groups excluding tert-OH is 1. The first-order valence-corrected chi connectivity index (χ1v) is 6.57. The number of halogens is 1. The van der Waals surface area contributed by atoms with Crippen LogP contribution in [0.25, 0.3) is 0 Å². The number of oxime groups is 1. The van der Waals surface area contributed by atoms with E-state index in [0.717, 1.165) is 5.56 Å². The Balaban J connectivity index is 2.36. The maximum Gasteiger partial charge on any atom is 0.234 e. The highest BCUT2D eigenvalue weighted by molar-refractivity contribution is 6.30. The lowest BCUT2D eigenvalue weighted by Gasteiger charge is -2.35. The summed E-state index contributed by atoms with van der Waals surface area (Å²) >= 11 is 5.90. The van der Waals surface area contributed by atoms with Crippen molar-refractivity contribution < 1.29 is 14.7 Å². The van der Waals surface area contributed by atoms with Crippen molar-refractivity contribution in [2.45, 2.75) is 38.1 Å². The van der Waals surface area contributed by atoms with Crippen molar-refractivity contribution in [1.29, 1.82) is 0 Å². The molecule has 0 radical (unpaired) electrons. The zero-order valence-corrected chi connectivity index (χ0v) is 12.0. The molecule has 104 valence electrons. The Morgan fingerprint density at radius 1 is 1.47 bits per heavy atom. The van der Waals surface area contributed by atoms with E-state index in [1.165, 1.54) is 0 Å². The van der Waals surface area contributed by atoms with Gasteiger partial charge in [0.1, 0.15) is 0 Å². The molecule has 0 unspecified atom stereocenters. The number of methoxy groups -OCH3 is 1. The smallest absolute Gasteiger partial charge is 0.234 e. The summed E-state index contributed by atoms with van der Waals surface area (Å²) in [6.45, 7) is 3.51. The second kappa shape index (κ2) is 5.49. The molecule has 0 spiro atoms. The van der Waals surface area contributed by atoms with Gasteiger partial charge in [0.15, 0.2) is 0 Å². The molecule has 19 heavy (non-hydrogen) atoms. The summed E-state index contributed by atoms with van der Waals surface area (Å²) in [5.41, 5.74) is 1.65. The quantitative estimate of drug-likeness (QED) is 0.928. The number of nitrogens with zero attached hydrogens (tertiary/aromatic N) is 1. The maximum atomic E-state index is 9.83. The van der Waals surface area contributed by atoms with Crippen LogP contribution in [0.15, 0.2) is 29.4 Å². The third-order valence-electron chi connectivity index (χ3n) is 3.41. The highest BCUT2D eigenvalue weighted by Crippen LogP contribution is 2.36. The minimum atomic E-state index is -0.775. The summed E-state index contributed by atoms with van der Waals surface area (Å²) in [7, 11) is 1.59. The van der Waals surface area contributed by atoms with Crippen molar-refractivity contribution in [2.24, 2.45) is 5.16 Å². The summed E-state index contributed by atoms with van der Waals surface area (Å²) in [4.78, 5) is 5.34. The Hall–Kier alpha value is -1.10. The Bertz CT molecular complexity index is 472. The minimum absolute atomic E-state index is 0.0454. The van der Waals surface area contributed by atoms with E-state index < -0.39 is 11.9 Å². The number of benzene rings is 1. The first kappa shape index (κ1) is 14.3. The highest BCUT2D eigenvalue weighted by atomic mass is 35.5. The summed E-state index contributed by atoms with van der Waals surface area (Å²) in [5, 5.41) is 14.6. The number of aliphatic hydroxyl groups is 1. The van der Waals surface area contributed by atoms with Crippen molar-refractivity contribution in [2.75, 3.05) is 7.11 Å². The van der Waals surface area contributed by atoms with Gasteiger partial charge in [0.2, 0.25) is 5.79 Å². The van der Waals surface area contributed by atoms with E-state index in [-0.39, 0.29) is 5.92 Å². The zero-order valence-electron chi connectivity index (χ0n) is 11.3. The number of rotatable bonds is 3. The molecule has 1 heterocycles. The first-order valence-electron chi connectivity index (χ1n) is 6.20. The highest BCUT2D eigenvalue weighted by Gasteiger charge is 2.39. The van der Waals surface area contributed by atoms with Gasteiger partial charge in [-0.3, -0.25) is 0 Å². The predicted molar refractivity (Wildman–Crippen MR) is 74.4 cm³/mol. The molecule has 0 saturated heterocycles. The van der Waals surface area contributed by atoms with Crippen LogP contribution in [0.5, 0.6) is 0 Å². The van der Waals surface area contributed by atoms with Crippen LogP contribution in [0.4, 0.5) is 0 Å². The van der Waals surface area contributed by atoms with Crippen LogP contribution >= 0.6 is 11.6 Å². The Morgan fingerprint density at radius 3 is 2.63 bits per heavy atom. The van der Waals surface area contributed by atoms with E-state index in [4.69, 9.17) is 21.2 Å². The van der Waals surface area contributed by atoms with Gasteiger partial charge in [-0.05, 0) is 24.6 Å². The van der Waals surface area contributed by atoms with Crippen molar-refractivity contribution in [3.63, 3.8) is 0 Å². The monoisotopic (exact) mass is 283 g/mol. The lowest BCUT2D eigenvalue weighted by molar-refractivity contribution is -0.222. The van der Waals surface area contributed by atoms with E-state index in [2.05, 4.69) is 5.16 Å². The Morgan fingerprint density at radius 2 is 2.11 bits per heavy atom. The lowest BCUT2D eigenvalue weighted by Crippen LogP contribution is -2.40. The molecule has 1 aromatic carbocycles. The van der Waals surface area contributed by atoms with E-state index in [0.29, 0.717) is 17.2 Å². The molecule has 0 aromatic heterocycles. The van der Waals surface area contributed by atoms with Crippen molar-refractivity contribution >= 4 is 17.3 Å². The van der Waals surface area contributed by atoms with Gasteiger partial charge < -0.3 is 14.7 Å². The standard InChI is InChI=1S/C14H18ClNO3/c1-9(17)13-12(8-14(2,18-3)19-16-13)10-4-6-11(15)7-5-10/h4-7,9,12,17H,8H2,1-3H3/t9-,12+,14+/m1/s1. The van der Waals surface area contributed by atoms with Gasteiger partial charge in [0.05, 0.1) is 11.8 Å². The number of ether oxygens (including phenoxy) is 1. The van der Waals surface area contributed by atoms with E-state index >= 15 is 0 Å². The first-order chi connectivity index (χ1) is 8.95. The molecule has 5 heteroatoms. The molecule has 4 nitrogen and oxygen atoms in total. The van der Waals surface area contributed by atoms with Crippen LogP contribution in [-0.2, 0) is 9.57 Å². The van der Waals surface area contributed by atoms with E-state index in [1.54, 1.807) is 14.0 Å². The van der Waals surface area contributed by atoms with Gasteiger partial charge in [-0.25, -0.2) is 0 Å². The third kappa shape index (κ3) is 3.08. The number of hydrogen-bond acceptors (Lipinski definition) is 4. The fourth-order valence-corrected chi connectivity index (χ4v) is 2.32. The summed E-state index contributed by atoms with van der Waals surface area (Å²) in [5.74, 6) is -0.821. The topological polar surface area (TPSA) is 51.0 Å². The normalized spacial score (nSPS) is 28.5. The summed E-state index contributed by atoms with van der Waals surface area (Å²) in [6, 6.07) is 7.53. The lowest BCUT2D eigenvalue weighted by atomic mass is 9.85. The molecule has 0 fully saturated rings. The van der Waals surface area contributed by atoms with Crippen LogP contribution in [0.3, 0.4) is 0 Å². The van der Waals surface area contributed by atoms with Crippen LogP contribution in [0.2, 0.25) is 5.02 Å². The fraction of sp³-hybridized carbons (Fsp3) is 0.500. The molecule has 0 saturated carbocycles. The van der Waals surface area contributed by atoms with Gasteiger partial charge in [0.25, 0.3) is 0 Å². The molecule has 1 aliphatic heterocycles. The summed E-state index contributed by atoms with van der Waals surface area (Å²) in [6.07, 6.45) is -0.0726. The maximum absolute atomic E-state index is 9.83. The Labute approximate surface area is 118 Å². The molecule has 1 aliphatic rings. The van der Waals surface area contributed by atoms with Gasteiger partial charge >= 0.3 is 0 Å². The van der Waals surface area contributed by atoms with Crippen molar-refractivity contribution in [3.8, 4) is 0 Å². The average Bonchev–Trinajstić information content (AvgIpc) is 2.39. The molecule has 0 bridgehead atoms. The van der Waals surface area contributed by atoms with Gasteiger partial charge in [-0.2, -0.15) is 0 Å². The van der Waals surface area contributed by atoms with Crippen molar-refractivity contribution in [3.05, 3.63) is 34.9 Å². The average molecular weight is 284 g/mol. The van der Waals surface area contributed by atoms with Gasteiger partial charge in [0, 0.05) is 31.4 Å².